The van der Waals surface area contributed by atoms with E-state index in [1.54, 1.807) is 19.2 Å². The number of hydrogen-bond acceptors (Lipinski definition) is 3. The molecular formula is C13H12BrNO2. The average Bonchev–Trinajstić information content (AvgIpc) is 2.34. The Kier molecular flexibility index (Phi) is 3.54. The van der Waals surface area contributed by atoms with Gasteiger partial charge in [0.15, 0.2) is 5.75 Å². The van der Waals surface area contributed by atoms with Gasteiger partial charge in [-0.05, 0) is 40.2 Å². The lowest BCUT2D eigenvalue weighted by molar-refractivity contribution is 0.413. The summed E-state index contributed by atoms with van der Waals surface area (Å²) in [6.45, 7) is 0. The second-order valence-electron chi connectivity index (χ2n) is 3.44. The Hall–Kier alpha value is -1.68. The fourth-order valence-electron chi connectivity index (χ4n) is 1.39. The smallest absolute Gasteiger partial charge is 0.150 e. The van der Waals surface area contributed by atoms with Crippen LogP contribution >= 0.6 is 15.9 Å². The SMILES string of the molecule is COc1ccc(Oc2ccccc2Br)c(N)c1. The molecule has 0 radical (unpaired) electrons. The van der Waals surface area contributed by atoms with E-state index < -0.39 is 0 Å². The Bertz CT molecular complexity index is 529. The molecule has 3 nitrogen and oxygen atoms in total. The number of ether oxygens (including phenoxy) is 2. The fourth-order valence-corrected chi connectivity index (χ4v) is 1.76. The summed E-state index contributed by atoms with van der Waals surface area (Å²) in [7, 11) is 1.60. The molecule has 2 aromatic carbocycles. The van der Waals surface area contributed by atoms with Gasteiger partial charge in [-0.2, -0.15) is 0 Å². The lowest BCUT2D eigenvalue weighted by atomic mass is 10.2. The molecule has 2 aromatic rings. The van der Waals surface area contributed by atoms with Crippen molar-refractivity contribution in [3.63, 3.8) is 0 Å². The Morgan fingerprint density at radius 2 is 1.82 bits per heavy atom. The van der Waals surface area contributed by atoms with Gasteiger partial charge in [0.1, 0.15) is 11.5 Å². The van der Waals surface area contributed by atoms with Gasteiger partial charge in [0.05, 0.1) is 17.3 Å². The highest BCUT2D eigenvalue weighted by atomic mass is 79.9. The van der Waals surface area contributed by atoms with E-state index in [9.17, 15) is 0 Å². The highest BCUT2D eigenvalue weighted by Crippen LogP contribution is 2.33. The molecule has 0 heterocycles. The van der Waals surface area contributed by atoms with Crippen LogP contribution in [0.5, 0.6) is 17.2 Å². The predicted molar refractivity (Wildman–Crippen MR) is 71.6 cm³/mol. The average molecular weight is 294 g/mol. The van der Waals surface area contributed by atoms with Crippen LogP contribution < -0.4 is 15.2 Å². The third kappa shape index (κ3) is 2.71. The van der Waals surface area contributed by atoms with Crippen molar-refractivity contribution in [3.8, 4) is 17.2 Å². The van der Waals surface area contributed by atoms with Crippen LogP contribution in [0, 0.1) is 0 Å². The maximum absolute atomic E-state index is 5.87. The predicted octanol–water partition coefficient (Wildman–Crippen LogP) is 3.83. The van der Waals surface area contributed by atoms with Crippen LogP contribution in [0.4, 0.5) is 5.69 Å². The van der Waals surface area contributed by atoms with E-state index in [1.165, 1.54) is 0 Å². The van der Waals surface area contributed by atoms with Gasteiger partial charge in [0, 0.05) is 6.07 Å². The van der Waals surface area contributed by atoms with Gasteiger partial charge >= 0.3 is 0 Å². The molecule has 2 N–H and O–H groups in total. The van der Waals surface area contributed by atoms with Crippen molar-refractivity contribution in [1.82, 2.24) is 0 Å². The number of hydrogen-bond donors (Lipinski definition) is 1. The molecule has 4 heteroatoms. The molecule has 0 fully saturated rings. The number of halogens is 1. The summed E-state index contributed by atoms with van der Waals surface area (Å²) in [5.41, 5.74) is 6.42. The summed E-state index contributed by atoms with van der Waals surface area (Å²) in [5.74, 6) is 2.05. The van der Waals surface area contributed by atoms with E-state index in [-0.39, 0.29) is 0 Å². The first-order chi connectivity index (χ1) is 8.20. The lowest BCUT2D eigenvalue weighted by Gasteiger charge is -2.10. The molecule has 0 amide bonds. The highest BCUT2D eigenvalue weighted by Gasteiger charge is 2.05. The largest absolute Gasteiger partial charge is 0.497 e. The molecule has 0 saturated carbocycles. The van der Waals surface area contributed by atoms with Crippen LogP contribution in [-0.2, 0) is 0 Å². The molecule has 0 aliphatic carbocycles. The Labute approximate surface area is 108 Å². The third-order valence-corrected chi connectivity index (χ3v) is 2.93. The maximum Gasteiger partial charge on any atom is 0.150 e. The zero-order chi connectivity index (χ0) is 12.3. The van der Waals surface area contributed by atoms with Gasteiger partial charge < -0.3 is 15.2 Å². The minimum absolute atomic E-state index is 0.542. The molecule has 2 rings (SSSR count). The Morgan fingerprint density at radius 3 is 2.47 bits per heavy atom. The second-order valence-corrected chi connectivity index (χ2v) is 4.29. The van der Waals surface area contributed by atoms with Gasteiger partial charge in [-0.1, -0.05) is 12.1 Å². The molecule has 0 saturated heterocycles. The number of nitrogens with two attached hydrogens (primary N) is 1. The summed E-state index contributed by atoms with van der Waals surface area (Å²) in [5, 5.41) is 0. The van der Waals surface area contributed by atoms with Gasteiger partial charge in [-0.15, -0.1) is 0 Å². The molecule has 0 unspecified atom stereocenters. The quantitative estimate of drug-likeness (QED) is 0.875. The normalized spacial score (nSPS) is 10.0. The van der Waals surface area contributed by atoms with Gasteiger partial charge in [0.25, 0.3) is 0 Å². The van der Waals surface area contributed by atoms with Crippen molar-refractivity contribution >= 4 is 21.6 Å². The third-order valence-electron chi connectivity index (χ3n) is 2.27. The monoisotopic (exact) mass is 293 g/mol. The van der Waals surface area contributed by atoms with Crippen molar-refractivity contribution in [3.05, 3.63) is 46.9 Å². The van der Waals surface area contributed by atoms with E-state index in [4.69, 9.17) is 15.2 Å². The van der Waals surface area contributed by atoms with Crippen LogP contribution in [0.2, 0.25) is 0 Å². The standard InChI is InChI=1S/C13H12BrNO2/c1-16-9-6-7-13(11(15)8-9)17-12-5-3-2-4-10(12)14/h2-8H,15H2,1H3. The molecule has 17 heavy (non-hydrogen) atoms. The van der Waals surface area contributed by atoms with Crippen molar-refractivity contribution in [2.75, 3.05) is 12.8 Å². The summed E-state index contributed by atoms with van der Waals surface area (Å²) in [6.07, 6.45) is 0. The van der Waals surface area contributed by atoms with Crippen molar-refractivity contribution in [2.45, 2.75) is 0 Å². The first kappa shape index (κ1) is 11.8. The Balaban J connectivity index is 2.28. The molecule has 0 spiro atoms. The number of anilines is 1. The minimum atomic E-state index is 0.542. The van der Waals surface area contributed by atoms with E-state index in [2.05, 4.69) is 15.9 Å². The molecular weight excluding hydrogens is 282 g/mol. The molecule has 0 aliphatic heterocycles. The van der Waals surface area contributed by atoms with Gasteiger partial charge in [-0.25, -0.2) is 0 Å². The van der Waals surface area contributed by atoms with E-state index in [0.29, 0.717) is 17.2 Å². The highest BCUT2D eigenvalue weighted by molar-refractivity contribution is 9.10. The molecule has 0 bridgehead atoms. The number of nitrogen functional groups attached to an aromatic ring is 1. The first-order valence-electron chi connectivity index (χ1n) is 5.06. The molecule has 0 aromatic heterocycles. The van der Waals surface area contributed by atoms with E-state index in [1.807, 2.05) is 30.3 Å². The zero-order valence-electron chi connectivity index (χ0n) is 9.31. The summed E-state index contributed by atoms with van der Waals surface area (Å²) < 4.78 is 11.7. The number of para-hydroxylation sites is 1. The van der Waals surface area contributed by atoms with Crippen molar-refractivity contribution in [2.24, 2.45) is 0 Å². The van der Waals surface area contributed by atoms with Gasteiger partial charge in [-0.3, -0.25) is 0 Å². The summed E-state index contributed by atoms with van der Waals surface area (Å²) in [4.78, 5) is 0. The van der Waals surface area contributed by atoms with E-state index in [0.717, 1.165) is 10.2 Å². The zero-order valence-corrected chi connectivity index (χ0v) is 10.9. The number of rotatable bonds is 3. The lowest BCUT2D eigenvalue weighted by Crippen LogP contribution is -1.93. The Morgan fingerprint density at radius 1 is 1.06 bits per heavy atom. The van der Waals surface area contributed by atoms with Crippen LogP contribution in [0.1, 0.15) is 0 Å². The minimum Gasteiger partial charge on any atom is -0.497 e. The van der Waals surface area contributed by atoms with Crippen LogP contribution in [0.3, 0.4) is 0 Å². The number of methoxy groups -OCH3 is 1. The van der Waals surface area contributed by atoms with Gasteiger partial charge in [0.2, 0.25) is 0 Å². The summed E-state index contributed by atoms with van der Waals surface area (Å²) >= 11 is 3.42. The van der Waals surface area contributed by atoms with Crippen LogP contribution in [-0.4, -0.2) is 7.11 Å². The van der Waals surface area contributed by atoms with E-state index >= 15 is 0 Å². The summed E-state index contributed by atoms with van der Waals surface area (Å²) in [6, 6.07) is 12.9. The molecule has 0 atom stereocenters. The number of benzene rings is 2. The van der Waals surface area contributed by atoms with Crippen molar-refractivity contribution in [1.29, 1.82) is 0 Å². The first-order valence-corrected chi connectivity index (χ1v) is 5.86. The fraction of sp³-hybridized carbons (Fsp3) is 0.0769. The maximum atomic E-state index is 5.87. The molecule has 0 aliphatic rings. The van der Waals surface area contributed by atoms with Crippen LogP contribution in [0.15, 0.2) is 46.9 Å². The van der Waals surface area contributed by atoms with Crippen molar-refractivity contribution < 1.29 is 9.47 Å². The second kappa shape index (κ2) is 5.10. The topological polar surface area (TPSA) is 44.5 Å². The molecule has 88 valence electrons. The van der Waals surface area contributed by atoms with Crippen LogP contribution in [0.25, 0.3) is 0 Å².